The molecule has 0 fully saturated rings. The fourth-order valence-corrected chi connectivity index (χ4v) is 2.75. The average Bonchev–Trinajstić information content (AvgIpc) is 2.47. The van der Waals surface area contributed by atoms with Crippen molar-refractivity contribution in [2.45, 2.75) is 4.90 Å². The molecular weight excluding hydrogens is 449 g/mol. The van der Waals surface area contributed by atoms with Crippen LogP contribution in [-0.2, 0) is 10.0 Å². The molecule has 0 aliphatic rings. The van der Waals surface area contributed by atoms with Gasteiger partial charge in [-0.2, -0.15) is 0 Å². The van der Waals surface area contributed by atoms with Crippen LogP contribution in [0.5, 0.6) is 0 Å². The molecule has 120 valence electrons. The van der Waals surface area contributed by atoms with Gasteiger partial charge in [0.15, 0.2) is 5.11 Å². The van der Waals surface area contributed by atoms with Crippen molar-refractivity contribution in [1.29, 1.82) is 0 Å². The Balaban J connectivity index is 1.99. The predicted octanol–water partition coefficient (Wildman–Crippen LogP) is 2.07. The molecule has 0 heterocycles. The highest BCUT2D eigenvalue weighted by Crippen LogP contribution is 2.12. The summed E-state index contributed by atoms with van der Waals surface area (Å²) in [6.07, 6.45) is 0. The summed E-state index contributed by atoms with van der Waals surface area (Å²) in [6, 6.07) is 12.7. The maximum absolute atomic E-state index is 12.0. The number of rotatable bonds is 3. The maximum atomic E-state index is 12.0. The largest absolute Gasteiger partial charge is 0.332 e. The van der Waals surface area contributed by atoms with Crippen LogP contribution in [0.1, 0.15) is 10.4 Å². The minimum Gasteiger partial charge on any atom is -0.332 e. The molecule has 2 rings (SSSR count). The molecule has 6 nitrogen and oxygen atoms in total. The fraction of sp³-hybridized carbons (Fsp3) is 0. The molecule has 0 aliphatic carbocycles. The summed E-state index contributed by atoms with van der Waals surface area (Å²) >= 11 is 7.20. The summed E-state index contributed by atoms with van der Waals surface area (Å²) in [6.45, 7) is 0. The second-order valence-corrected chi connectivity index (χ2v) is 7.70. The second-order valence-electron chi connectivity index (χ2n) is 4.48. The normalized spacial score (nSPS) is 10.9. The minimum atomic E-state index is -3.74. The van der Waals surface area contributed by atoms with Crippen molar-refractivity contribution >= 4 is 61.5 Å². The number of primary sulfonamides is 1. The molecular formula is C14H12IN3O3S2. The predicted molar refractivity (Wildman–Crippen MR) is 101 cm³/mol. The molecule has 9 heteroatoms. The molecule has 0 saturated carbocycles. The van der Waals surface area contributed by atoms with E-state index in [-0.39, 0.29) is 15.9 Å². The third-order valence-corrected chi connectivity index (χ3v) is 4.63. The highest BCUT2D eigenvalue weighted by Gasteiger charge is 2.09. The number of hydrogen-bond acceptors (Lipinski definition) is 4. The topological polar surface area (TPSA) is 101 Å². The maximum Gasteiger partial charge on any atom is 0.257 e. The first-order valence-electron chi connectivity index (χ1n) is 6.26. The number of nitrogens with two attached hydrogens (primary N) is 1. The summed E-state index contributed by atoms with van der Waals surface area (Å²) in [5.74, 6) is -0.333. The van der Waals surface area contributed by atoms with Crippen LogP contribution in [0.3, 0.4) is 0 Å². The molecule has 2 aromatic carbocycles. The van der Waals surface area contributed by atoms with Crippen molar-refractivity contribution < 1.29 is 13.2 Å². The highest BCUT2D eigenvalue weighted by molar-refractivity contribution is 14.1. The summed E-state index contributed by atoms with van der Waals surface area (Å²) in [5, 5.41) is 10.5. The third kappa shape index (κ3) is 5.23. The van der Waals surface area contributed by atoms with Crippen LogP contribution in [-0.4, -0.2) is 19.4 Å². The van der Waals surface area contributed by atoms with Crippen molar-refractivity contribution in [3.05, 3.63) is 57.7 Å². The number of sulfonamides is 1. The quantitative estimate of drug-likeness (QED) is 0.480. The summed E-state index contributed by atoms with van der Waals surface area (Å²) < 4.78 is 23.4. The van der Waals surface area contributed by atoms with E-state index < -0.39 is 10.0 Å². The van der Waals surface area contributed by atoms with Crippen LogP contribution < -0.4 is 15.8 Å². The van der Waals surface area contributed by atoms with Crippen LogP contribution in [0.4, 0.5) is 5.69 Å². The Labute approximate surface area is 152 Å². The van der Waals surface area contributed by atoms with Gasteiger partial charge in [-0.1, -0.05) is 0 Å². The van der Waals surface area contributed by atoms with E-state index >= 15 is 0 Å². The Bertz CT molecular complexity index is 835. The van der Waals surface area contributed by atoms with E-state index in [4.69, 9.17) is 17.4 Å². The number of benzene rings is 2. The Kier molecular flexibility index (Phi) is 5.68. The summed E-state index contributed by atoms with van der Waals surface area (Å²) in [5.41, 5.74) is 1.02. The molecule has 0 radical (unpaired) electrons. The number of carbonyl (C=O) groups excluding carboxylic acids is 1. The Morgan fingerprint density at radius 3 is 2.13 bits per heavy atom. The van der Waals surface area contributed by atoms with Crippen molar-refractivity contribution in [2.75, 3.05) is 5.32 Å². The first-order chi connectivity index (χ1) is 10.8. The Morgan fingerprint density at radius 1 is 1.04 bits per heavy atom. The monoisotopic (exact) mass is 461 g/mol. The standard InChI is InChI=1S/C14H12IN3O3S2/c15-10-3-1-9(2-4-10)13(19)18-14(22)17-11-5-7-12(8-6-11)23(16,20)21/h1-8H,(H2,16,20,21)(H2,17,18,19,22). The van der Waals surface area contributed by atoms with Crippen LogP contribution >= 0.6 is 34.8 Å². The Hall–Kier alpha value is -1.56. The first-order valence-corrected chi connectivity index (χ1v) is 9.30. The lowest BCUT2D eigenvalue weighted by atomic mass is 10.2. The van der Waals surface area contributed by atoms with E-state index in [1.54, 1.807) is 12.1 Å². The van der Waals surface area contributed by atoms with Gasteiger partial charge in [0.2, 0.25) is 10.0 Å². The number of halogens is 1. The molecule has 1 amide bonds. The van der Waals surface area contributed by atoms with E-state index in [0.29, 0.717) is 11.3 Å². The van der Waals surface area contributed by atoms with E-state index in [0.717, 1.165) is 3.57 Å². The van der Waals surface area contributed by atoms with Gasteiger partial charge >= 0.3 is 0 Å². The second kappa shape index (κ2) is 7.34. The first kappa shape index (κ1) is 17.8. The molecule has 0 unspecified atom stereocenters. The molecule has 4 N–H and O–H groups in total. The van der Waals surface area contributed by atoms with Gasteiger partial charge in [-0.15, -0.1) is 0 Å². The van der Waals surface area contributed by atoms with Gasteiger partial charge in [0.05, 0.1) is 4.90 Å². The molecule has 0 aromatic heterocycles. The third-order valence-electron chi connectivity index (χ3n) is 2.77. The van der Waals surface area contributed by atoms with Gasteiger partial charge in [-0.3, -0.25) is 10.1 Å². The lowest BCUT2D eigenvalue weighted by molar-refractivity contribution is 0.0977. The van der Waals surface area contributed by atoms with Gasteiger partial charge in [-0.05, 0) is 83.3 Å². The summed E-state index contributed by atoms with van der Waals surface area (Å²) in [4.78, 5) is 12.0. The number of amides is 1. The van der Waals surface area contributed by atoms with Crippen LogP contribution in [0.25, 0.3) is 0 Å². The molecule has 0 atom stereocenters. The number of anilines is 1. The average molecular weight is 461 g/mol. The van der Waals surface area contributed by atoms with E-state index in [1.165, 1.54) is 24.3 Å². The SMILES string of the molecule is NS(=O)(=O)c1ccc(NC(=S)NC(=O)c2ccc(I)cc2)cc1. The zero-order valence-corrected chi connectivity index (χ0v) is 15.4. The molecule has 23 heavy (non-hydrogen) atoms. The molecule has 0 saturated heterocycles. The van der Waals surface area contributed by atoms with Crippen molar-refractivity contribution in [3.63, 3.8) is 0 Å². The zero-order chi connectivity index (χ0) is 17.0. The fourth-order valence-electron chi connectivity index (χ4n) is 1.67. The van der Waals surface area contributed by atoms with Crippen molar-refractivity contribution in [1.82, 2.24) is 5.32 Å². The van der Waals surface area contributed by atoms with Crippen molar-refractivity contribution in [3.8, 4) is 0 Å². The molecule has 0 aliphatic heterocycles. The minimum absolute atomic E-state index is 0.00288. The molecule has 2 aromatic rings. The van der Waals surface area contributed by atoms with Gasteiger partial charge in [0, 0.05) is 14.8 Å². The zero-order valence-electron chi connectivity index (χ0n) is 11.6. The van der Waals surface area contributed by atoms with Gasteiger partial charge in [-0.25, -0.2) is 13.6 Å². The number of hydrogen-bond donors (Lipinski definition) is 3. The summed E-state index contributed by atoms with van der Waals surface area (Å²) in [7, 11) is -3.74. The van der Waals surface area contributed by atoms with E-state index in [2.05, 4.69) is 33.2 Å². The van der Waals surface area contributed by atoms with E-state index in [9.17, 15) is 13.2 Å². The molecule has 0 bridgehead atoms. The highest BCUT2D eigenvalue weighted by atomic mass is 127. The number of thiocarbonyl (C=S) groups is 1. The molecule has 0 spiro atoms. The lowest BCUT2D eigenvalue weighted by Crippen LogP contribution is -2.34. The van der Waals surface area contributed by atoms with Crippen LogP contribution in [0, 0.1) is 3.57 Å². The van der Waals surface area contributed by atoms with E-state index in [1.807, 2.05) is 12.1 Å². The van der Waals surface area contributed by atoms with Crippen LogP contribution in [0.2, 0.25) is 0 Å². The van der Waals surface area contributed by atoms with Gasteiger partial charge < -0.3 is 5.32 Å². The smallest absolute Gasteiger partial charge is 0.257 e. The number of carbonyl (C=O) groups is 1. The van der Waals surface area contributed by atoms with Crippen molar-refractivity contribution in [2.24, 2.45) is 5.14 Å². The van der Waals surface area contributed by atoms with Gasteiger partial charge in [0.25, 0.3) is 5.91 Å². The Morgan fingerprint density at radius 2 is 1.61 bits per heavy atom. The number of nitrogens with one attached hydrogen (secondary N) is 2. The van der Waals surface area contributed by atoms with Crippen LogP contribution in [0.15, 0.2) is 53.4 Å². The van der Waals surface area contributed by atoms with Gasteiger partial charge in [0.1, 0.15) is 0 Å². The lowest BCUT2D eigenvalue weighted by Gasteiger charge is -2.10.